The van der Waals surface area contributed by atoms with E-state index in [1.807, 2.05) is 21.9 Å². The van der Waals surface area contributed by atoms with Gasteiger partial charge in [-0.25, -0.2) is 8.42 Å². The molecule has 0 aromatic heterocycles. The number of aryl methyl sites for hydroxylation is 1. The lowest BCUT2D eigenvalue weighted by Crippen LogP contribution is -2.50. The van der Waals surface area contributed by atoms with Crippen LogP contribution in [-0.4, -0.2) is 73.6 Å². The predicted octanol–water partition coefficient (Wildman–Crippen LogP) is 3.04. The van der Waals surface area contributed by atoms with Gasteiger partial charge in [-0.1, -0.05) is 31.4 Å². The lowest BCUT2D eigenvalue weighted by molar-refractivity contribution is -0.140. The van der Waals surface area contributed by atoms with Crippen LogP contribution in [0.5, 0.6) is 0 Å². The third-order valence-electron chi connectivity index (χ3n) is 7.43. The smallest absolute Gasteiger partial charge is 0.243 e. The van der Waals surface area contributed by atoms with E-state index in [0.717, 1.165) is 24.8 Å². The first-order chi connectivity index (χ1) is 15.9. The summed E-state index contributed by atoms with van der Waals surface area (Å²) < 4.78 is 27.1. The Labute approximate surface area is 198 Å². The van der Waals surface area contributed by atoms with E-state index in [2.05, 4.69) is 0 Å². The van der Waals surface area contributed by atoms with E-state index in [1.165, 1.54) is 25.7 Å². The normalized spacial score (nSPS) is 20.8. The Hall–Kier alpha value is -1.93. The molecule has 4 rings (SSSR count). The van der Waals surface area contributed by atoms with Crippen molar-refractivity contribution >= 4 is 21.8 Å². The van der Waals surface area contributed by atoms with Crippen LogP contribution in [0.15, 0.2) is 29.2 Å². The number of sulfonamides is 1. The second kappa shape index (κ2) is 11.0. The fraction of sp³-hybridized carbons (Fsp3) is 0.680. The van der Waals surface area contributed by atoms with E-state index >= 15 is 0 Å². The van der Waals surface area contributed by atoms with Gasteiger partial charge in [-0.3, -0.25) is 9.59 Å². The molecule has 2 heterocycles. The van der Waals surface area contributed by atoms with Crippen molar-refractivity contribution in [3.63, 3.8) is 0 Å². The van der Waals surface area contributed by atoms with Gasteiger partial charge in [-0.15, -0.1) is 0 Å². The zero-order chi connectivity index (χ0) is 23.3. The van der Waals surface area contributed by atoms with Gasteiger partial charge < -0.3 is 9.80 Å². The van der Waals surface area contributed by atoms with Gasteiger partial charge in [0.2, 0.25) is 21.8 Å². The van der Waals surface area contributed by atoms with E-state index in [1.54, 1.807) is 16.4 Å². The average Bonchev–Trinajstić information content (AvgIpc) is 3.36. The lowest BCUT2D eigenvalue weighted by atomic mass is 10.0. The van der Waals surface area contributed by atoms with Gasteiger partial charge in [0.25, 0.3) is 0 Å². The van der Waals surface area contributed by atoms with Crippen LogP contribution in [0.4, 0.5) is 0 Å². The maximum atomic E-state index is 12.8. The minimum absolute atomic E-state index is 0.0999. The number of rotatable bonds is 7. The van der Waals surface area contributed by atoms with Crippen LogP contribution in [0.3, 0.4) is 0 Å². The van der Waals surface area contributed by atoms with Crippen LogP contribution in [0.25, 0.3) is 0 Å². The Morgan fingerprint density at radius 2 is 1.33 bits per heavy atom. The molecule has 0 spiro atoms. The number of hydrogen-bond acceptors (Lipinski definition) is 4. The molecule has 33 heavy (non-hydrogen) atoms. The summed E-state index contributed by atoms with van der Waals surface area (Å²) in [5, 5.41) is 0. The van der Waals surface area contributed by atoms with E-state index in [-0.39, 0.29) is 11.8 Å². The summed E-state index contributed by atoms with van der Waals surface area (Å²) in [5.74, 6) is 0.898. The van der Waals surface area contributed by atoms with Gasteiger partial charge in [-0.05, 0) is 55.7 Å². The summed E-state index contributed by atoms with van der Waals surface area (Å²) in [7, 11) is -3.42. The molecule has 7 nitrogen and oxygen atoms in total. The Morgan fingerprint density at radius 1 is 0.758 bits per heavy atom. The second-order valence-electron chi connectivity index (χ2n) is 9.72. The maximum Gasteiger partial charge on any atom is 0.243 e. The SMILES string of the molecule is O=C(CCc1ccc(S(=O)(=O)N2CCCCC2)cc1)N1CCN(C(=O)CC2CCCC2)CC1. The summed E-state index contributed by atoms with van der Waals surface area (Å²) in [6.07, 6.45) is 9.42. The molecule has 3 fully saturated rings. The molecule has 182 valence electrons. The average molecular weight is 476 g/mol. The predicted molar refractivity (Wildman–Crippen MR) is 127 cm³/mol. The third-order valence-corrected chi connectivity index (χ3v) is 9.34. The number of carbonyl (C=O) groups is 2. The molecule has 2 aliphatic heterocycles. The minimum atomic E-state index is -3.42. The third kappa shape index (κ3) is 6.15. The Balaban J connectivity index is 1.22. The van der Waals surface area contributed by atoms with Gasteiger partial charge in [0.1, 0.15) is 0 Å². The summed E-state index contributed by atoms with van der Waals surface area (Å²) in [6, 6.07) is 6.98. The van der Waals surface area contributed by atoms with E-state index < -0.39 is 10.0 Å². The van der Waals surface area contributed by atoms with E-state index in [0.29, 0.717) is 69.3 Å². The highest BCUT2D eigenvalue weighted by molar-refractivity contribution is 7.89. The number of benzene rings is 1. The lowest BCUT2D eigenvalue weighted by Gasteiger charge is -2.35. The summed E-state index contributed by atoms with van der Waals surface area (Å²) in [6.45, 7) is 3.64. The molecule has 0 bridgehead atoms. The molecule has 0 atom stereocenters. The van der Waals surface area contributed by atoms with Crippen molar-refractivity contribution in [1.82, 2.24) is 14.1 Å². The summed E-state index contributed by atoms with van der Waals surface area (Å²) in [4.78, 5) is 29.3. The number of amides is 2. The van der Waals surface area contributed by atoms with Gasteiger partial charge in [0, 0.05) is 52.1 Å². The number of piperazine rings is 1. The second-order valence-corrected chi connectivity index (χ2v) is 11.7. The van der Waals surface area contributed by atoms with E-state index in [9.17, 15) is 18.0 Å². The Kier molecular flexibility index (Phi) is 8.07. The van der Waals surface area contributed by atoms with Crippen LogP contribution in [0.1, 0.15) is 63.4 Å². The van der Waals surface area contributed by atoms with Gasteiger partial charge in [-0.2, -0.15) is 4.31 Å². The molecule has 0 unspecified atom stereocenters. The van der Waals surface area contributed by atoms with Crippen molar-refractivity contribution in [3.05, 3.63) is 29.8 Å². The van der Waals surface area contributed by atoms with Crippen LogP contribution in [0, 0.1) is 5.92 Å². The zero-order valence-corrected chi connectivity index (χ0v) is 20.4. The first kappa shape index (κ1) is 24.2. The van der Waals surface area contributed by atoms with Crippen LogP contribution >= 0.6 is 0 Å². The van der Waals surface area contributed by atoms with Crippen LogP contribution < -0.4 is 0 Å². The van der Waals surface area contributed by atoms with Crippen LogP contribution in [0.2, 0.25) is 0 Å². The number of carbonyl (C=O) groups excluding carboxylic acids is 2. The molecule has 0 N–H and O–H groups in total. The molecule has 1 aromatic rings. The molecule has 1 saturated carbocycles. The quantitative estimate of drug-likeness (QED) is 0.607. The molecule has 2 saturated heterocycles. The molecular weight excluding hydrogens is 438 g/mol. The molecule has 2 amide bonds. The molecular formula is C25H37N3O4S. The summed E-state index contributed by atoms with van der Waals surface area (Å²) >= 11 is 0. The highest BCUT2D eigenvalue weighted by Gasteiger charge is 2.27. The minimum Gasteiger partial charge on any atom is -0.339 e. The van der Waals surface area contributed by atoms with Crippen molar-refractivity contribution in [2.75, 3.05) is 39.3 Å². The van der Waals surface area contributed by atoms with Gasteiger partial charge >= 0.3 is 0 Å². The maximum absolute atomic E-state index is 12.8. The Morgan fingerprint density at radius 3 is 1.94 bits per heavy atom. The van der Waals surface area contributed by atoms with Crippen molar-refractivity contribution in [3.8, 4) is 0 Å². The first-order valence-electron chi connectivity index (χ1n) is 12.6. The van der Waals surface area contributed by atoms with Gasteiger partial charge in [0.15, 0.2) is 0 Å². The highest BCUT2D eigenvalue weighted by Crippen LogP contribution is 2.28. The highest BCUT2D eigenvalue weighted by atomic mass is 32.2. The number of hydrogen-bond donors (Lipinski definition) is 0. The number of piperidine rings is 1. The molecule has 3 aliphatic rings. The fourth-order valence-electron chi connectivity index (χ4n) is 5.29. The summed E-state index contributed by atoms with van der Waals surface area (Å²) in [5.41, 5.74) is 0.964. The van der Waals surface area contributed by atoms with Crippen molar-refractivity contribution < 1.29 is 18.0 Å². The standard InChI is InChI=1S/C25H37N3O4S/c29-24(26-16-18-27(19-17-26)25(30)20-22-6-2-3-7-22)13-10-21-8-11-23(12-9-21)33(31,32)28-14-4-1-5-15-28/h8-9,11-12,22H,1-7,10,13-20H2. The van der Waals surface area contributed by atoms with E-state index in [4.69, 9.17) is 0 Å². The van der Waals surface area contributed by atoms with Crippen LogP contribution in [-0.2, 0) is 26.0 Å². The van der Waals surface area contributed by atoms with Gasteiger partial charge in [0.05, 0.1) is 4.90 Å². The molecule has 1 aliphatic carbocycles. The first-order valence-corrected chi connectivity index (χ1v) is 14.0. The Bertz CT molecular complexity index is 911. The molecule has 8 heteroatoms. The van der Waals surface area contributed by atoms with Crippen molar-refractivity contribution in [2.45, 2.75) is 69.1 Å². The topological polar surface area (TPSA) is 78.0 Å². The fourth-order valence-corrected chi connectivity index (χ4v) is 6.80. The molecule has 0 radical (unpaired) electrons. The number of nitrogens with zero attached hydrogens (tertiary/aromatic N) is 3. The van der Waals surface area contributed by atoms with Crippen molar-refractivity contribution in [1.29, 1.82) is 0 Å². The zero-order valence-electron chi connectivity index (χ0n) is 19.6. The largest absolute Gasteiger partial charge is 0.339 e. The molecule has 1 aromatic carbocycles. The van der Waals surface area contributed by atoms with Crippen molar-refractivity contribution in [2.24, 2.45) is 5.92 Å². The monoisotopic (exact) mass is 475 g/mol.